The van der Waals surface area contributed by atoms with Crippen molar-refractivity contribution in [3.63, 3.8) is 0 Å². The number of rotatable bonds is 5. The van der Waals surface area contributed by atoms with Crippen LogP contribution >= 0.6 is 0 Å². The van der Waals surface area contributed by atoms with Crippen LogP contribution in [0.15, 0.2) is 6.20 Å². The highest BCUT2D eigenvalue weighted by molar-refractivity contribution is 5.25. The molecule has 0 bridgehead atoms. The predicted octanol–water partition coefficient (Wildman–Crippen LogP) is 1.78. The summed E-state index contributed by atoms with van der Waals surface area (Å²) in [7, 11) is 2.05. The molecule has 5 heteroatoms. The largest absolute Gasteiger partial charge is 0.381 e. The molecule has 3 heterocycles. The molecule has 1 aromatic heterocycles. The van der Waals surface area contributed by atoms with E-state index in [1.54, 1.807) is 0 Å². The van der Waals surface area contributed by atoms with Gasteiger partial charge in [-0.2, -0.15) is 5.10 Å². The van der Waals surface area contributed by atoms with Crippen LogP contribution in [0.3, 0.4) is 0 Å². The van der Waals surface area contributed by atoms with Gasteiger partial charge in [0.05, 0.1) is 12.8 Å². The van der Waals surface area contributed by atoms with Crippen LogP contribution in [0.4, 0.5) is 0 Å². The van der Waals surface area contributed by atoms with E-state index < -0.39 is 0 Å². The van der Waals surface area contributed by atoms with Crippen LogP contribution in [0.1, 0.15) is 36.9 Å². The third-order valence-corrected chi connectivity index (χ3v) is 4.70. The van der Waals surface area contributed by atoms with Gasteiger partial charge in [0.25, 0.3) is 0 Å². The molecule has 0 amide bonds. The van der Waals surface area contributed by atoms with E-state index in [2.05, 4.69) is 16.9 Å². The molecular weight excluding hydrogens is 266 g/mol. The molecular formula is C16H27N3O2. The smallest absolute Gasteiger partial charge is 0.0562 e. The maximum absolute atomic E-state index is 5.70. The van der Waals surface area contributed by atoms with Crippen molar-refractivity contribution >= 4 is 0 Å². The van der Waals surface area contributed by atoms with Gasteiger partial charge in [-0.25, -0.2) is 0 Å². The first-order chi connectivity index (χ1) is 10.3. The molecule has 1 fully saturated rings. The minimum Gasteiger partial charge on any atom is -0.381 e. The Balaban J connectivity index is 1.67. The molecule has 21 heavy (non-hydrogen) atoms. The number of ether oxygens (including phenoxy) is 2. The van der Waals surface area contributed by atoms with Crippen LogP contribution in [0.2, 0.25) is 0 Å². The van der Waals surface area contributed by atoms with E-state index in [1.165, 1.54) is 30.6 Å². The summed E-state index contributed by atoms with van der Waals surface area (Å²) < 4.78 is 13.2. The standard InChI is InChI=1S/C16H27N3O2/c1-3-20-12-15-11-19(9-13-4-6-21-7-5-13)10-14-8-17-18(2)16(14)15/h8,13,15H,3-7,9-12H2,1-2H3/t15-/m0/s1. The molecule has 1 saturated heterocycles. The molecule has 0 radical (unpaired) electrons. The maximum atomic E-state index is 5.70. The van der Waals surface area contributed by atoms with Gasteiger partial charge in [-0.05, 0) is 25.7 Å². The summed E-state index contributed by atoms with van der Waals surface area (Å²) in [6.45, 7) is 8.80. The molecule has 0 aliphatic carbocycles. The zero-order chi connectivity index (χ0) is 14.7. The highest BCUT2D eigenvalue weighted by Crippen LogP contribution is 2.29. The first kappa shape index (κ1) is 15.0. The Bertz CT molecular complexity index is 454. The topological polar surface area (TPSA) is 39.5 Å². The summed E-state index contributed by atoms with van der Waals surface area (Å²) in [6, 6.07) is 0. The molecule has 5 nitrogen and oxygen atoms in total. The van der Waals surface area contributed by atoms with Gasteiger partial charge in [-0.1, -0.05) is 0 Å². The first-order valence-corrected chi connectivity index (χ1v) is 8.16. The van der Waals surface area contributed by atoms with Gasteiger partial charge >= 0.3 is 0 Å². The Hall–Kier alpha value is -0.910. The molecule has 0 aromatic carbocycles. The van der Waals surface area contributed by atoms with E-state index in [4.69, 9.17) is 9.47 Å². The van der Waals surface area contributed by atoms with Crippen molar-refractivity contribution in [2.24, 2.45) is 13.0 Å². The van der Waals surface area contributed by atoms with Crippen molar-refractivity contribution in [1.29, 1.82) is 0 Å². The van der Waals surface area contributed by atoms with E-state index in [-0.39, 0.29) is 0 Å². The van der Waals surface area contributed by atoms with Gasteiger partial charge in [0.2, 0.25) is 0 Å². The van der Waals surface area contributed by atoms with Crippen molar-refractivity contribution in [3.8, 4) is 0 Å². The zero-order valence-corrected chi connectivity index (χ0v) is 13.3. The summed E-state index contributed by atoms with van der Waals surface area (Å²) >= 11 is 0. The van der Waals surface area contributed by atoms with Crippen molar-refractivity contribution in [2.45, 2.75) is 32.2 Å². The van der Waals surface area contributed by atoms with Gasteiger partial charge in [-0.15, -0.1) is 0 Å². The van der Waals surface area contributed by atoms with Crippen LogP contribution in [0.5, 0.6) is 0 Å². The molecule has 2 aliphatic heterocycles. The van der Waals surface area contributed by atoms with E-state index in [9.17, 15) is 0 Å². The average molecular weight is 293 g/mol. The number of fused-ring (bicyclic) bond motifs is 1. The fourth-order valence-corrected chi connectivity index (χ4v) is 3.67. The van der Waals surface area contributed by atoms with Gasteiger partial charge in [0, 0.05) is 63.7 Å². The van der Waals surface area contributed by atoms with Crippen LogP contribution < -0.4 is 0 Å². The second kappa shape index (κ2) is 6.90. The molecule has 0 spiro atoms. The minimum atomic E-state index is 0.445. The Morgan fingerprint density at radius 2 is 2.19 bits per heavy atom. The minimum absolute atomic E-state index is 0.445. The maximum Gasteiger partial charge on any atom is 0.0562 e. The molecule has 0 N–H and O–H groups in total. The number of hydrogen-bond acceptors (Lipinski definition) is 4. The summed E-state index contributed by atoms with van der Waals surface area (Å²) in [5.74, 6) is 1.23. The first-order valence-electron chi connectivity index (χ1n) is 8.16. The van der Waals surface area contributed by atoms with Crippen LogP contribution in [0, 0.1) is 5.92 Å². The molecule has 0 unspecified atom stereocenters. The van der Waals surface area contributed by atoms with Crippen LogP contribution in [0.25, 0.3) is 0 Å². The van der Waals surface area contributed by atoms with E-state index in [0.29, 0.717) is 5.92 Å². The van der Waals surface area contributed by atoms with Gasteiger partial charge in [0.15, 0.2) is 0 Å². The van der Waals surface area contributed by atoms with Crippen molar-refractivity contribution in [1.82, 2.24) is 14.7 Å². The number of aromatic nitrogens is 2. The fraction of sp³-hybridized carbons (Fsp3) is 0.812. The molecule has 3 rings (SSSR count). The lowest BCUT2D eigenvalue weighted by atomic mass is 9.94. The lowest BCUT2D eigenvalue weighted by Gasteiger charge is -2.36. The monoisotopic (exact) mass is 293 g/mol. The highest BCUT2D eigenvalue weighted by Gasteiger charge is 2.30. The second-order valence-electron chi connectivity index (χ2n) is 6.28. The van der Waals surface area contributed by atoms with Gasteiger partial charge < -0.3 is 9.47 Å². The average Bonchev–Trinajstić information content (AvgIpc) is 2.87. The normalized spacial score (nSPS) is 24.2. The van der Waals surface area contributed by atoms with Crippen LogP contribution in [-0.2, 0) is 23.1 Å². The molecule has 2 aliphatic rings. The van der Waals surface area contributed by atoms with Crippen molar-refractivity contribution < 1.29 is 9.47 Å². The quantitative estimate of drug-likeness (QED) is 0.829. The third kappa shape index (κ3) is 3.47. The Kier molecular flexibility index (Phi) is 4.93. The SMILES string of the molecule is CCOC[C@@H]1CN(CC2CCOCC2)Cc2cnn(C)c21. The lowest BCUT2D eigenvalue weighted by molar-refractivity contribution is 0.0441. The molecule has 118 valence electrons. The van der Waals surface area contributed by atoms with E-state index >= 15 is 0 Å². The zero-order valence-electron chi connectivity index (χ0n) is 13.3. The Morgan fingerprint density at radius 1 is 1.38 bits per heavy atom. The van der Waals surface area contributed by atoms with Gasteiger partial charge in [0.1, 0.15) is 0 Å². The second-order valence-corrected chi connectivity index (χ2v) is 6.28. The lowest BCUT2D eigenvalue weighted by Crippen LogP contribution is -2.39. The third-order valence-electron chi connectivity index (χ3n) is 4.70. The Labute approximate surface area is 127 Å². The van der Waals surface area contributed by atoms with Gasteiger partial charge in [-0.3, -0.25) is 9.58 Å². The number of hydrogen-bond donors (Lipinski definition) is 0. The number of aryl methyl sites for hydroxylation is 1. The fourth-order valence-electron chi connectivity index (χ4n) is 3.67. The summed E-state index contributed by atoms with van der Waals surface area (Å²) in [5, 5.41) is 4.45. The number of nitrogens with zero attached hydrogens (tertiary/aromatic N) is 3. The molecule has 1 atom stereocenters. The van der Waals surface area contributed by atoms with Crippen LogP contribution in [-0.4, -0.2) is 54.2 Å². The molecule has 0 saturated carbocycles. The molecule has 1 aromatic rings. The summed E-state index contributed by atoms with van der Waals surface area (Å²) in [5.41, 5.74) is 2.74. The summed E-state index contributed by atoms with van der Waals surface area (Å²) in [6.07, 6.45) is 4.43. The highest BCUT2D eigenvalue weighted by atomic mass is 16.5. The van der Waals surface area contributed by atoms with Crippen molar-refractivity contribution in [3.05, 3.63) is 17.5 Å². The summed E-state index contributed by atoms with van der Waals surface area (Å²) in [4.78, 5) is 2.59. The van der Waals surface area contributed by atoms with Crippen molar-refractivity contribution in [2.75, 3.05) is 39.5 Å². The van der Waals surface area contributed by atoms with E-state index in [1.807, 2.05) is 17.9 Å². The predicted molar refractivity (Wildman–Crippen MR) is 81.3 cm³/mol. The van der Waals surface area contributed by atoms with E-state index in [0.717, 1.165) is 45.4 Å². The Morgan fingerprint density at radius 3 is 2.95 bits per heavy atom.